The predicted octanol–water partition coefficient (Wildman–Crippen LogP) is 4.74. The summed E-state index contributed by atoms with van der Waals surface area (Å²) in [4.78, 5) is 13.4. The lowest BCUT2D eigenvalue weighted by Gasteiger charge is -2.45. The number of aromatic amines is 1. The van der Waals surface area contributed by atoms with Crippen molar-refractivity contribution >= 4 is 5.78 Å². The molecule has 1 heterocycles. The summed E-state index contributed by atoms with van der Waals surface area (Å²) in [5, 5.41) is 7.58. The Balaban J connectivity index is 2.03. The van der Waals surface area contributed by atoms with E-state index in [0.717, 1.165) is 31.3 Å². The third-order valence-corrected chi connectivity index (χ3v) is 5.85. The molecule has 3 heteroatoms. The monoisotopic (exact) mass is 334 g/mol. The highest BCUT2D eigenvalue weighted by Gasteiger charge is 2.49. The van der Waals surface area contributed by atoms with Crippen LogP contribution in [0.25, 0.3) is 0 Å². The van der Waals surface area contributed by atoms with Crippen molar-refractivity contribution in [1.82, 2.24) is 10.2 Å². The molecule has 130 valence electrons. The third-order valence-electron chi connectivity index (χ3n) is 5.85. The highest BCUT2D eigenvalue weighted by Crippen LogP contribution is 2.53. The number of hydrogen-bond donors (Lipinski definition) is 1. The first-order chi connectivity index (χ1) is 12.0. The van der Waals surface area contributed by atoms with Gasteiger partial charge in [0.2, 0.25) is 0 Å². The van der Waals surface area contributed by atoms with Crippen LogP contribution in [0, 0.1) is 5.41 Å². The van der Waals surface area contributed by atoms with Gasteiger partial charge < -0.3 is 0 Å². The zero-order valence-electron chi connectivity index (χ0n) is 15.4. The largest absolute Gasteiger partial charge is 0.294 e. The van der Waals surface area contributed by atoms with Gasteiger partial charge in [-0.05, 0) is 23.8 Å². The van der Waals surface area contributed by atoms with Crippen LogP contribution in [-0.2, 0) is 16.6 Å². The van der Waals surface area contributed by atoms with Gasteiger partial charge in [-0.2, -0.15) is 5.10 Å². The van der Waals surface area contributed by atoms with E-state index >= 15 is 0 Å². The van der Waals surface area contributed by atoms with Crippen molar-refractivity contribution in [3.63, 3.8) is 0 Å². The topological polar surface area (TPSA) is 45.8 Å². The molecule has 4 rings (SSSR count). The summed E-state index contributed by atoms with van der Waals surface area (Å²) in [6.07, 6.45) is 6.37. The van der Waals surface area contributed by atoms with Crippen LogP contribution < -0.4 is 0 Å². The molecule has 3 nitrogen and oxygen atoms in total. The number of rotatable bonds is 3. The fourth-order valence-electron chi connectivity index (χ4n) is 5.10. The molecule has 1 aromatic heterocycles. The lowest BCUT2D eigenvalue weighted by molar-refractivity contribution is -0.118. The van der Waals surface area contributed by atoms with Crippen molar-refractivity contribution < 1.29 is 4.79 Å². The second kappa shape index (κ2) is 5.69. The summed E-state index contributed by atoms with van der Waals surface area (Å²) in [5.74, 6) is 0.329. The van der Waals surface area contributed by atoms with Gasteiger partial charge in [-0.1, -0.05) is 63.1 Å². The molecule has 0 amide bonds. The van der Waals surface area contributed by atoms with Crippen LogP contribution >= 0.6 is 0 Å². The molecular formula is C22H26N2O. The smallest absolute Gasteiger partial charge is 0.160 e. The standard InChI is InChI=1S/C22H26N2O/c1-4-10-22(16-8-6-5-7-9-16)17-14-23-24-18(17)11-15-12-21(2,3)13-19(25)20(15)22/h5-9,14H,4,10-13H2,1-3H3,(H,23,24)/t22-/m0/s1. The van der Waals surface area contributed by atoms with Crippen LogP contribution in [0.5, 0.6) is 0 Å². The Morgan fingerprint density at radius 3 is 2.64 bits per heavy atom. The Kier molecular flexibility index (Phi) is 3.71. The van der Waals surface area contributed by atoms with Crippen LogP contribution in [-0.4, -0.2) is 16.0 Å². The van der Waals surface area contributed by atoms with Gasteiger partial charge in [0.15, 0.2) is 5.78 Å². The summed E-state index contributed by atoms with van der Waals surface area (Å²) in [7, 11) is 0. The van der Waals surface area contributed by atoms with E-state index in [1.54, 1.807) is 0 Å². The second-order valence-electron chi connectivity index (χ2n) is 8.38. The van der Waals surface area contributed by atoms with Crippen molar-refractivity contribution in [2.75, 3.05) is 0 Å². The quantitative estimate of drug-likeness (QED) is 0.881. The predicted molar refractivity (Wildman–Crippen MR) is 99.5 cm³/mol. The Labute approximate surface area is 149 Å². The highest BCUT2D eigenvalue weighted by atomic mass is 16.1. The number of allylic oxidation sites excluding steroid dienone is 2. The van der Waals surface area contributed by atoms with Crippen molar-refractivity contribution in [2.45, 2.75) is 58.3 Å². The van der Waals surface area contributed by atoms with Crippen molar-refractivity contribution in [1.29, 1.82) is 0 Å². The number of nitrogens with one attached hydrogen (secondary N) is 1. The lowest BCUT2D eigenvalue weighted by atomic mass is 9.56. The molecule has 2 aliphatic carbocycles. The fourth-order valence-corrected chi connectivity index (χ4v) is 5.10. The first kappa shape index (κ1) is 16.3. The van der Waals surface area contributed by atoms with Crippen LogP contribution in [0.3, 0.4) is 0 Å². The van der Waals surface area contributed by atoms with Crippen molar-refractivity contribution in [3.8, 4) is 0 Å². The lowest BCUT2D eigenvalue weighted by Crippen LogP contribution is -2.42. The fraction of sp³-hybridized carbons (Fsp3) is 0.455. The summed E-state index contributed by atoms with van der Waals surface area (Å²) < 4.78 is 0. The molecule has 2 aromatic rings. The van der Waals surface area contributed by atoms with E-state index in [9.17, 15) is 4.79 Å². The summed E-state index contributed by atoms with van der Waals surface area (Å²) in [6, 6.07) is 10.6. The number of nitrogens with zero attached hydrogens (tertiary/aromatic N) is 1. The van der Waals surface area contributed by atoms with Gasteiger partial charge in [0.05, 0.1) is 11.6 Å². The zero-order valence-corrected chi connectivity index (χ0v) is 15.4. The Hall–Kier alpha value is -2.16. The van der Waals surface area contributed by atoms with Gasteiger partial charge in [0, 0.05) is 29.7 Å². The molecule has 1 N–H and O–H groups in total. The average Bonchev–Trinajstić information content (AvgIpc) is 3.02. The first-order valence-electron chi connectivity index (χ1n) is 9.32. The van der Waals surface area contributed by atoms with E-state index in [0.29, 0.717) is 12.2 Å². The SMILES string of the molecule is CCC[C@@]1(c2ccccc2)C2=C(Cc3[nH]ncc31)CC(C)(C)CC2=O. The third kappa shape index (κ3) is 2.40. The van der Waals surface area contributed by atoms with Gasteiger partial charge in [-0.15, -0.1) is 0 Å². The van der Waals surface area contributed by atoms with Crippen molar-refractivity contribution in [3.05, 3.63) is 64.5 Å². The summed E-state index contributed by atoms with van der Waals surface area (Å²) in [6.45, 7) is 6.62. The minimum absolute atomic E-state index is 0.0437. The molecule has 2 aliphatic rings. The number of benzene rings is 1. The van der Waals surface area contributed by atoms with Gasteiger partial charge in [-0.25, -0.2) is 0 Å². The molecule has 0 aliphatic heterocycles. The molecule has 0 spiro atoms. The number of Topliss-reactive ketones (excluding diaryl/α,β-unsaturated/α-hetero) is 1. The molecule has 25 heavy (non-hydrogen) atoms. The Morgan fingerprint density at radius 2 is 1.92 bits per heavy atom. The normalized spacial score (nSPS) is 24.8. The molecule has 1 atom stereocenters. The molecule has 0 saturated carbocycles. The Morgan fingerprint density at radius 1 is 1.16 bits per heavy atom. The Bertz CT molecular complexity index is 844. The van der Waals surface area contributed by atoms with E-state index in [-0.39, 0.29) is 10.8 Å². The van der Waals surface area contributed by atoms with Gasteiger partial charge in [0.1, 0.15) is 0 Å². The molecule has 0 bridgehead atoms. The molecule has 0 unspecified atom stereocenters. The maximum atomic E-state index is 13.4. The number of aromatic nitrogens is 2. The van der Waals surface area contributed by atoms with Crippen LogP contribution in [0.1, 0.15) is 63.3 Å². The van der Waals surface area contributed by atoms with E-state index in [1.807, 2.05) is 12.3 Å². The number of ketones is 1. The van der Waals surface area contributed by atoms with E-state index < -0.39 is 0 Å². The minimum Gasteiger partial charge on any atom is -0.294 e. The van der Waals surface area contributed by atoms with E-state index in [4.69, 9.17) is 0 Å². The number of carbonyl (C=O) groups is 1. The average molecular weight is 334 g/mol. The maximum absolute atomic E-state index is 13.4. The maximum Gasteiger partial charge on any atom is 0.160 e. The highest BCUT2D eigenvalue weighted by molar-refractivity contribution is 6.01. The molecular weight excluding hydrogens is 308 g/mol. The van der Waals surface area contributed by atoms with E-state index in [1.165, 1.54) is 22.4 Å². The minimum atomic E-state index is -0.348. The molecule has 0 saturated heterocycles. The van der Waals surface area contributed by atoms with Crippen LogP contribution in [0.4, 0.5) is 0 Å². The molecule has 1 aromatic carbocycles. The first-order valence-corrected chi connectivity index (χ1v) is 9.32. The second-order valence-corrected chi connectivity index (χ2v) is 8.38. The van der Waals surface area contributed by atoms with Gasteiger partial charge in [-0.3, -0.25) is 9.89 Å². The van der Waals surface area contributed by atoms with Crippen molar-refractivity contribution in [2.24, 2.45) is 5.41 Å². The van der Waals surface area contributed by atoms with Crippen LogP contribution in [0.2, 0.25) is 0 Å². The summed E-state index contributed by atoms with van der Waals surface area (Å²) in [5.41, 5.74) is 5.68. The number of carbonyl (C=O) groups excluding carboxylic acids is 1. The van der Waals surface area contributed by atoms with E-state index in [2.05, 4.69) is 55.2 Å². The molecule has 0 fully saturated rings. The van der Waals surface area contributed by atoms with Gasteiger partial charge in [0.25, 0.3) is 0 Å². The number of hydrogen-bond acceptors (Lipinski definition) is 2. The summed E-state index contributed by atoms with van der Waals surface area (Å²) >= 11 is 0. The number of fused-ring (bicyclic) bond motifs is 1. The number of H-pyrrole nitrogens is 1. The van der Waals surface area contributed by atoms with Crippen LogP contribution in [0.15, 0.2) is 47.7 Å². The van der Waals surface area contributed by atoms with Gasteiger partial charge >= 0.3 is 0 Å². The zero-order chi connectivity index (χ0) is 17.7. The molecule has 0 radical (unpaired) electrons.